The number of likely N-dealkylation sites (N-methyl/N-ethyl adjacent to an activating group) is 1. The van der Waals surface area contributed by atoms with Gasteiger partial charge in [0.1, 0.15) is 11.6 Å². The van der Waals surface area contributed by atoms with Gasteiger partial charge in [0, 0.05) is 38.4 Å². The van der Waals surface area contributed by atoms with Crippen molar-refractivity contribution in [3.63, 3.8) is 0 Å². The zero-order chi connectivity index (χ0) is 13.5. The van der Waals surface area contributed by atoms with E-state index in [-0.39, 0.29) is 12.6 Å². The first-order valence-electron chi connectivity index (χ1n) is 5.94. The fourth-order valence-corrected chi connectivity index (χ4v) is 1.93. The highest BCUT2D eigenvalue weighted by atomic mass is 19.1. The molecule has 0 bridgehead atoms. The Hall–Kier alpha value is -1.04. The molecular weight excluding hydrogens is 238 g/mol. The third-order valence-electron chi connectivity index (χ3n) is 2.93. The Morgan fingerprint density at radius 3 is 2.72 bits per heavy atom. The van der Waals surface area contributed by atoms with Crippen molar-refractivity contribution in [1.29, 1.82) is 0 Å². The van der Waals surface area contributed by atoms with Crippen LogP contribution in [0, 0.1) is 11.6 Å². The molecule has 0 heterocycles. The molecule has 0 aliphatic carbocycles. The summed E-state index contributed by atoms with van der Waals surface area (Å²) in [6, 6.07) is 3.13. The molecule has 0 amide bonds. The van der Waals surface area contributed by atoms with Crippen LogP contribution < -0.4 is 5.73 Å². The first kappa shape index (κ1) is 15.0. The zero-order valence-electron chi connectivity index (χ0n) is 10.8. The Kier molecular flexibility index (Phi) is 6.18. The van der Waals surface area contributed by atoms with Gasteiger partial charge in [-0.2, -0.15) is 0 Å². The minimum absolute atomic E-state index is 0.240. The summed E-state index contributed by atoms with van der Waals surface area (Å²) in [5.74, 6) is -0.874. The Morgan fingerprint density at radius 1 is 1.39 bits per heavy atom. The molecule has 0 saturated carbocycles. The number of hydrogen-bond donors (Lipinski definition) is 1. The molecule has 1 rings (SSSR count). The maximum atomic E-state index is 13.7. The van der Waals surface area contributed by atoms with Crippen LogP contribution in [0.1, 0.15) is 18.0 Å². The average Bonchev–Trinajstić information content (AvgIpc) is 2.35. The number of hydrogen-bond acceptors (Lipinski definition) is 3. The number of ether oxygens (including phenoxy) is 1. The van der Waals surface area contributed by atoms with Gasteiger partial charge >= 0.3 is 0 Å². The van der Waals surface area contributed by atoms with Crippen LogP contribution in [0.2, 0.25) is 0 Å². The van der Waals surface area contributed by atoms with Crippen molar-refractivity contribution in [1.82, 2.24) is 4.90 Å². The second kappa shape index (κ2) is 7.41. The van der Waals surface area contributed by atoms with Crippen molar-refractivity contribution < 1.29 is 13.5 Å². The van der Waals surface area contributed by atoms with Gasteiger partial charge < -0.3 is 10.5 Å². The second-order valence-electron chi connectivity index (χ2n) is 4.24. The van der Waals surface area contributed by atoms with Gasteiger partial charge in [-0.25, -0.2) is 8.78 Å². The number of methoxy groups -OCH3 is 1. The highest BCUT2D eigenvalue weighted by Crippen LogP contribution is 2.22. The summed E-state index contributed by atoms with van der Waals surface area (Å²) in [6.45, 7) is 1.59. The van der Waals surface area contributed by atoms with E-state index in [1.807, 2.05) is 11.9 Å². The van der Waals surface area contributed by atoms with Crippen LogP contribution in [0.4, 0.5) is 8.78 Å². The molecule has 0 fully saturated rings. The predicted molar refractivity (Wildman–Crippen MR) is 67.3 cm³/mol. The minimum Gasteiger partial charge on any atom is -0.385 e. The summed E-state index contributed by atoms with van der Waals surface area (Å²) in [7, 11) is 3.48. The summed E-state index contributed by atoms with van der Waals surface area (Å²) >= 11 is 0. The number of benzene rings is 1. The van der Waals surface area contributed by atoms with Gasteiger partial charge in [-0.15, -0.1) is 0 Å². The van der Waals surface area contributed by atoms with E-state index in [1.165, 1.54) is 6.07 Å². The third-order valence-corrected chi connectivity index (χ3v) is 2.93. The average molecular weight is 258 g/mol. The van der Waals surface area contributed by atoms with Gasteiger partial charge in [-0.1, -0.05) is 0 Å². The van der Waals surface area contributed by atoms with Crippen molar-refractivity contribution in [2.75, 3.05) is 33.9 Å². The molecule has 1 unspecified atom stereocenters. The zero-order valence-corrected chi connectivity index (χ0v) is 10.8. The monoisotopic (exact) mass is 258 g/mol. The Morgan fingerprint density at radius 2 is 2.11 bits per heavy atom. The van der Waals surface area contributed by atoms with E-state index in [4.69, 9.17) is 10.5 Å². The first-order valence-corrected chi connectivity index (χ1v) is 5.94. The largest absolute Gasteiger partial charge is 0.385 e. The number of nitrogens with zero attached hydrogens (tertiary/aromatic N) is 1. The second-order valence-corrected chi connectivity index (χ2v) is 4.24. The first-order chi connectivity index (χ1) is 8.60. The Labute approximate surface area is 107 Å². The van der Waals surface area contributed by atoms with Gasteiger partial charge in [-0.05, 0) is 31.7 Å². The van der Waals surface area contributed by atoms with Crippen LogP contribution >= 0.6 is 0 Å². The standard InChI is InChI=1S/C13H20F2N2O/c1-17(6-3-7-18-2)13(9-16)11-8-10(14)4-5-12(11)15/h4-5,8,13H,3,6-7,9,16H2,1-2H3. The van der Waals surface area contributed by atoms with Gasteiger partial charge in [0.15, 0.2) is 0 Å². The van der Waals surface area contributed by atoms with E-state index in [9.17, 15) is 8.78 Å². The van der Waals surface area contributed by atoms with Crippen LogP contribution in [0.15, 0.2) is 18.2 Å². The SMILES string of the molecule is COCCCN(C)C(CN)c1cc(F)ccc1F. The molecule has 18 heavy (non-hydrogen) atoms. The fourth-order valence-electron chi connectivity index (χ4n) is 1.93. The smallest absolute Gasteiger partial charge is 0.128 e. The fraction of sp³-hybridized carbons (Fsp3) is 0.538. The van der Waals surface area contributed by atoms with Gasteiger partial charge in [0.2, 0.25) is 0 Å². The lowest BCUT2D eigenvalue weighted by Gasteiger charge is -2.27. The van der Waals surface area contributed by atoms with Crippen LogP contribution in [0.3, 0.4) is 0 Å². The maximum Gasteiger partial charge on any atom is 0.128 e. The molecule has 0 aliphatic heterocycles. The van der Waals surface area contributed by atoms with E-state index in [1.54, 1.807) is 7.11 Å². The summed E-state index contributed by atoms with van der Waals surface area (Å²) in [5, 5.41) is 0. The highest BCUT2D eigenvalue weighted by Gasteiger charge is 2.19. The molecule has 0 spiro atoms. The number of halogens is 2. The third kappa shape index (κ3) is 4.01. The van der Waals surface area contributed by atoms with Gasteiger partial charge in [0.25, 0.3) is 0 Å². The van der Waals surface area contributed by atoms with Crippen LogP contribution in [0.25, 0.3) is 0 Å². The van der Waals surface area contributed by atoms with E-state index < -0.39 is 11.6 Å². The molecule has 1 aromatic carbocycles. The normalized spacial score (nSPS) is 13.0. The molecular formula is C13H20F2N2O. The van der Waals surface area contributed by atoms with Gasteiger partial charge in [-0.3, -0.25) is 4.90 Å². The molecule has 2 N–H and O–H groups in total. The van der Waals surface area contributed by atoms with E-state index in [0.717, 1.165) is 18.6 Å². The molecule has 0 radical (unpaired) electrons. The predicted octanol–water partition coefficient (Wildman–Crippen LogP) is 1.93. The molecule has 0 saturated heterocycles. The Balaban J connectivity index is 2.78. The molecule has 1 atom stereocenters. The molecule has 0 aromatic heterocycles. The molecule has 0 aliphatic rings. The lowest BCUT2D eigenvalue weighted by Crippen LogP contribution is -2.32. The van der Waals surface area contributed by atoms with E-state index in [2.05, 4.69) is 0 Å². The Bertz CT molecular complexity index is 374. The highest BCUT2D eigenvalue weighted by molar-refractivity contribution is 5.22. The summed E-state index contributed by atoms with van der Waals surface area (Å²) in [5.41, 5.74) is 5.97. The number of rotatable bonds is 7. The molecule has 102 valence electrons. The van der Waals surface area contributed by atoms with Crippen molar-refractivity contribution in [3.05, 3.63) is 35.4 Å². The number of nitrogens with two attached hydrogens (primary N) is 1. The van der Waals surface area contributed by atoms with Gasteiger partial charge in [0.05, 0.1) is 0 Å². The quantitative estimate of drug-likeness (QED) is 0.760. The topological polar surface area (TPSA) is 38.5 Å². The van der Waals surface area contributed by atoms with Crippen molar-refractivity contribution in [2.45, 2.75) is 12.5 Å². The lowest BCUT2D eigenvalue weighted by atomic mass is 10.0. The van der Waals surface area contributed by atoms with Crippen molar-refractivity contribution in [2.24, 2.45) is 5.73 Å². The van der Waals surface area contributed by atoms with Crippen LogP contribution in [0.5, 0.6) is 0 Å². The lowest BCUT2D eigenvalue weighted by molar-refractivity contribution is 0.165. The summed E-state index contributed by atoms with van der Waals surface area (Å²) < 4.78 is 31.8. The maximum absolute atomic E-state index is 13.7. The van der Waals surface area contributed by atoms with Crippen molar-refractivity contribution >= 4 is 0 Å². The molecule has 1 aromatic rings. The van der Waals surface area contributed by atoms with E-state index in [0.29, 0.717) is 18.7 Å². The van der Waals surface area contributed by atoms with Crippen LogP contribution in [-0.2, 0) is 4.74 Å². The molecule has 3 nitrogen and oxygen atoms in total. The summed E-state index contributed by atoms with van der Waals surface area (Å²) in [6.07, 6.45) is 0.820. The molecule has 5 heteroatoms. The summed E-state index contributed by atoms with van der Waals surface area (Å²) in [4.78, 5) is 1.91. The van der Waals surface area contributed by atoms with Crippen LogP contribution in [-0.4, -0.2) is 38.8 Å². The van der Waals surface area contributed by atoms with Crippen molar-refractivity contribution in [3.8, 4) is 0 Å². The van der Waals surface area contributed by atoms with E-state index >= 15 is 0 Å². The minimum atomic E-state index is -0.449.